The van der Waals surface area contributed by atoms with Gasteiger partial charge in [-0.1, -0.05) is 36.4 Å². The second-order valence-corrected chi connectivity index (χ2v) is 7.31. The third kappa shape index (κ3) is 3.70. The highest BCUT2D eigenvalue weighted by Gasteiger charge is 2.09. The van der Waals surface area contributed by atoms with E-state index in [9.17, 15) is 0 Å². The lowest BCUT2D eigenvalue weighted by molar-refractivity contribution is 0.340. The van der Waals surface area contributed by atoms with Gasteiger partial charge in [0.15, 0.2) is 5.82 Å². The molecule has 0 bridgehead atoms. The molecule has 7 heteroatoms. The van der Waals surface area contributed by atoms with Crippen molar-refractivity contribution in [2.24, 2.45) is 5.10 Å². The normalized spacial score (nSPS) is 11.4. The van der Waals surface area contributed by atoms with Gasteiger partial charge in [-0.25, -0.2) is 0 Å². The van der Waals surface area contributed by atoms with Crippen LogP contribution in [0, 0.1) is 4.77 Å². The first-order chi connectivity index (χ1) is 13.3. The standard InChI is InChI=1S/C20H18N4OS2/c1-2-25-18-10-9-14-6-3-4-8-16(14)17(18)13-21-24-19(22-23-20(24)26)12-15-7-5-11-27-15/h3-11,13H,2,12H2,1H3,(H,23,26)/b21-13-. The summed E-state index contributed by atoms with van der Waals surface area (Å²) in [6.45, 7) is 2.56. The zero-order valence-electron chi connectivity index (χ0n) is 14.8. The number of H-pyrrole nitrogens is 1. The Kier molecular flexibility index (Phi) is 5.13. The molecule has 0 saturated carbocycles. The van der Waals surface area contributed by atoms with Crippen LogP contribution in [0.2, 0.25) is 0 Å². The summed E-state index contributed by atoms with van der Waals surface area (Å²) < 4.78 is 7.95. The van der Waals surface area contributed by atoms with Crippen molar-refractivity contribution in [1.82, 2.24) is 14.9 Å². The van der Waals surface area contributed by atoms with Crippen molar-refractivity contribution in [2.45, 2.75) is 13.3 Å². The average molecular weight is 395 g/mol. The van der Waals surface area contributed by atoms with Crippen LogP contribution in [0.15, 0.2) is 59.0 Å². The fraction of sp³-hybridized carbons (Fsp3) is 0.150. The lowest BCUT2D eigenvalue weighted by Crippen LogP contribution is -2.01. The molecule has 0 amide bonds. The van der Waals surface area contributed by atoms with Gasteiger partial charge >= 0.3 is 0 Å². The first-order valence-electron chi connectivity index (χ1n) is 8.64. The number of aromatic nitrogens is 3. The van der Waals surface area contributed by atoms with Crippen LogP contribution in [0.1, 0.15) is 23.2 Å². The fourth-order valence-electron chi connectivity index (χ4n) is 2.93. The van der Waals surface area contributed by atoms with E-state index >= 15 is 0 Å². The number of nitrogens with one attached hydrogen (secondary N) is 1. The van der Waals surface area contributed by atoms with Crippen LogP contribution in [-0.4, -0.2) is 27.7 Å². The lowest BCUT2D eigenvalue weighted by Gasteiger charge is -2.10. The molecule has 4 rings (SSSR count). The first kappa shape index (κ1) is 17.6. The maximum atomic E-state index is 5.81. The quantitative estimate of drug-likeness (QED) is 0.369. The summed E-state index contributed by atoms with van der Waals surface area (Å²) in [6.07, 6.45) is 2.48. The SMILES string of the molecule is CCOc1ccc2ccccc2c1/C=N\n1c(Cc2cccs2)n[nH]c1=S. The smallest absolute Gasteiger partial charge is 0.216 e. The molecule has 2 heterocycles. The Labute approximate surface area is 165 Å². The summed E-state index contributed by atoms with van der Waals surface area (Å²) in [5, 5.41) is 16.1. The molecule has 136 valence electrons. The van der Waals surface area contributed by atoms with Gasteiger partial charge in [-0.3, -0.25) is 5.10 Å². The van der Waals surface area contributed by atoms with Gasteiger partial charge in [-0.05, 0) is 47.4 Å². The molecule has 0 aliphatic rings. The van der Waals surface area contributed by atoms with Gasteiger partial charge in [0.2, 0.25) is 4.77 Å². The van der Waals surface area contributed by atoms with E-state index in [0.29, 0.717) is 17.8 Å². The average Bonchev–Trinajstić information content (AvgIpc) is 3.32. The zero-order valence-corrected chi connectivity index (χ0v) is 16.4. The van der Waals surface area contributed by atoms with Crippen molar-refractivity contribution in [1.29, 1.82) is 0 Å². The number of fused-ring (bicyclic) bond motifs is 1. The van der Waals surface area contributed by atoms with Gasteiger partial charge in [-0.15, -0.1) is 11.3 Å². The summed E-state index contributed by atoms with van der Waals surface area (Å²) in [7, 11) is 0. The lowest BCUT2D eigenvalue weighted by atomic mass is 10.0. The van der Waals surface area contributed by atoms with E-state index in [1.54, 1.807) is 22.2 Å². The van der Waals surface area contributed by atoms with Gasteiger partial charge < -0.3 is 4.74 Å². The number of nitrogens with zero attached hydrogens (tertiary/aromatic N) is 3. The Morgan fingerprint density at radius 2 is 2.11 bits per heavy atom. The Bertz CT molecular complexity index is 1140. The molecule has 0 fully saturated rings. The Morgan fingerprint density at radius 3 is 2.93 bits per heavy atom. The third-order valence-corrected chi connectivity index (χ3v) is 5.30. The summed E-state index contributed by atoms with van der Waals surface area (Å²) in [5.41, 5.74) is 0.931. The van der Waals surface area contributed by atoms with Crippen LogP contribution in [-0.2, 0) is 6.42 Å². The van der Waals surface area contributed by atoms with Crippen LogP contribution in [0.25, 0.3) is 10.8 Å². The fourth-order valence-corrected chi connectivity index (χ4v) is 3.83. The highest BCUT2D eigenvalue weighted by Crippen LogP contribution is 2.27. The molecule has 0 radical (unpaired) electrons. The van der Waals surface area contributed by atoms with E-state index in [1.807, 2.05) is 31.2 Å². The number of hydrogen-bond acceptors (Lipinski definition) is 5. The van der Waals surface area contributed by atoms with E-state index in [0.717, 1.165) is 27.9 Å². The zero-order chi connectivity index (χ0) is 18.6. The maximum Gasteiger partial charge on any atom is 0.216 e. The molecule has 27 heavy (non-hydrogen) atoms. The summed E-state index contributed by atoms with van der Waals surface area (Å²) in [5.74, 6) is 1.58. The molecule has 0 atom stereocenters. The highest BCUT2D eigenvalue weighted by molar-refractivity contribution is 7.71. The van der Waals surface area contributed by atoms with Crippen molar-refractivity contribution < 1.29 is 4.74 Å². The van der Waals surface area contributed by atoms with Gasteiger partial charge in [0, 0.05) is 16.9 Å². The van der Waals surface area contributed by atoms with Crippen molar-refractivity contribution in [2.75, 3.05) is 6.61 Å². The van der Waals surface area contributed by atoms with E-state index < -0.39 is 0 Å². The van der Waals surface area contributed by atoms with Gasteiger partial charge in [0.25, 0.3) is 0 Å². The summed E-state index contributed by atoms with van der Waals surface area (Å²) >= 11 is 7.06. The van der Waals surface area contributed by atoms with Crippen molar-refractivity contribution in [3.05, 3.63) is 74.9 Å². The molecule has 0 unspecified atom stereocenters. The Morgan fingerprint density at radius 1 is 1.22 bits per heavy atom. The molecule has 2 aromatic heterocycles. The molecule has 0 aliphatic heterocycles. The third-order valence-electron chi connectivity index (χ3n) is 4.16. The van der Waals surface area contributed by atoms with E-state index in [-0.39, 0.29) is 0 Å². The summed E-state index contributed by atoms with van der Waals surface area (Å²) in [4.78, 5) is 1.21. The molecule has 0 aliphatic carbocycles. The van der Waals surface area contributed by atoms with Crippen LogP contribution in [0.4, 0.5) is 0 Å². The second kappa shape index (κ2) is 7.85. The highest BCUT2D eigenvalue weighted by atomic mass is 32.1. The number of rotatable bonds is 6. The minimum atomic E-state index is 0.469. The first-order valence-corrected chi connectivity index (χ1v) is 9.92. The number of thiophene rings is 1. The predicted octanol–water partition coefficient (Wildman–Crippen LogP) is 5.03. The maximum absolute atomic E-state index is 5.81. The van der Waals surface area contributed by atoms with E-state index in [2.05, 4.69) is 44.9 Å². The van der Waals surface area contributed by atoms with Gasteiger partial charge in [0.05, 0.1) is 12.8 Å². The number of benzene rings is 2. The molecule has 4 aromatic rings. The van der Waals surface area contributed by atoms with Crippen molar-refractivity contribution >= 4 is 40.5 Å². The minimum Gasteiger partial charge on any atom is -0.493 e. The molecular weight excluding hydrogens is 376 g/mol. The molecule has 2 aromatic carbocycles. The molecule has 5 nitrogen and oxygen atoms in total. The van der Waals surface area contributed by atoms with Crippen molar-refractivity contribution in [3.8, 4) is 5.75 Å². The monoisotopic (exact) mass is 394 g/mol. The van der Waals surface area contributed by atoms with Gasteiger partial charge in [-0.2, -0.15) is 14.9 Å². The topological polar surface area (TPSA) is 55.2 Å². The van der Waals surface area contributed by atoms with Crippen LogP contribution < -0.4 is 4.74 Å². The molecule has 0 spiro atoms. The number of hydrogen-bond donors (Lipinski definition) is 1. The van der Waals surface area contributed by atoms with E-state index in [4.69, 9.17) is 17.0 Å². The van der Waals surface area contributed by atoms with Gasteiger partial charge in [0.1, 0.15) is 5.75 Å². The molecule has 1 N–H and O–H groups in total. The van der Waals surface area contributed by atoms with Crippen LogP contribution >= 0.6 is 23.6 Å². The number of ether oxygens (including phenoxy) is 1. The van der Waals surface area contributed by atoms with Crippen molar-refractivity contribution in [3.63, 3.8) is 0 Å². The summed E-state index contributed by atoms with van der Waals surface area (Å²) in [6, 6.07) is 16.3. The van der Waals surface area contributed by atoms with Crippen LogP contribution in [0.3, 0.4) is 0 Å². The van der Waals surface area contributed by atoms with E-state index in [1.165, 1.54) is 4.88 Å². The van der Waals surface area contributed by atoms with Crippen LogP contribution in [0.5, 0.6) is 5.75 Å². The number of aromatic amines is 1. The minimum absolute atomic E-state index is 0.469. The Balaban J connectivity index is 1.76. The second-order valence-electron chi connectivity index (χ2n) is 5.89. The molecular formula is C20H18N4OS2. The Hall–Kier alpha value is -2.77. The molecule has 0 saturated heterocycles. The largest absolute Gasteiger partial charge is 0.493 e. The predicted molar refractivity (Wildman–Crippen MR) is 113 cm³/mol.